The minimum Gasteiger partial charge on any atom is -0.393 e. The van der Waals surface area contributed by atoms with E-state index in [0.717, 1.165) is 70.5 Å². The van der Waals surface area contributed by atoms with Gasteiger partial charge in [0.15, 0.2) is 0 Å². The molecule has 3 heterocycles. The molecule has 1 aromatic heterocycles. The number of hydrogen-bond acceptors (Lipinski definition) is 4. The lowest BCUT2D eigenvalue weighted by Gasteiger charge is -2.38. The molecular formula is C17H24F3N3O. The molecule has 1 atom stereocenters. The molecule has 0 saturated carbocycles. The second kappa shape index (κ2) is 7.27. The van der Waals surface area contributed by atoms with Gasteiger partial charge in [0.25, 0.3) is 0 Å². The van der Waals surface area contributed by atoms with Crippen LogP contribution >= 0.6 is 0 Å². The summed E-state index contributed by atoms with van der Waals surface area (Å²) in [5.41, 5.74) is -0.639. The summed E-state index contributed by atoms with van der Waals surface area (Å²) in [4.78, 5) is 8.48. The molecule has 1 N–H and O–H groups in total. The van der Waals surface area contributed by atoms with Gasteiger partial charge in [0.2, 0.25) is 0 Å². The Balaban J connectivity index is 1.61. The molecule has 7 heteroatoms. The molecular weight excluding hydrogens is 319 g/mol. The van der Waals surface area contributed by atoms with Crippen LogP contribution in [0.1, 0.15) is 31.2 Å². The van der Waals surface area contributed by atoms with Crippen molar-refractivity contribution in [2.75, 3.05) is 37.6 Å². The van der Waals surface area contributed by atoms with Gasteiger partial charge in [-0.05, 0) is 43.7 Å². The minimum absolute atomic E-state index is 0.182. The SMILES string of the molecule is OC1CCN(CC2CCCN(c3cc(C(F)(F)F)ccn3)C2)CC1. The lowest BCUT2D eigenvalue weighted by Crippen LogP contribution is -2.44. The van der Waals surface area contributed by atoms with Crippen LogP contribution in [0.4, 0.5) is 19.0 Å². The number of aliphatic hydroxyl groups excluding tert-OH is 1. The fourth-order valence-corrected chi connectivity index (χ4v) is 3.66. The number of aliphatic hydroxyl groups is 1. The Morgan fingerprint density at radius 1 is 1.17 bits per heavy atom. The number of hydrogen-bond donors (Lipinski definition) is 1. The summed E-state index contributed by atoms with van der Waals surface area (Å²) >= 11 is 0. The van der Waals surface area contributed by atoms with Crippen molar-refractivity contribution >= 4 is 5.82 Å². The van der Waals surface area contributed by atoms with Gasteiger partial charge in [0, 0.05) is 38.9 Å². The number of halogens is 3. The predicted molar refractivity (Wildman–Crippen MR) is 85.9 cm³/mol. The van der Waals surface area contributed by atoms with E-state index in [1.807, 2.05) is 4.90 Å². The van der Waals surface area contributed by atoms with Crippen molar-refractivity contribution in [3.05, 3.63) is 23.9 Å². The molecule has 0 bridgehead atoms. The van der Waals surface area contributed by atoms with Crippen LogP contribution in [0.25, 0.3) is 0 Å². The fraction of sp³-hybridized carbons (Fsp3) is 0.706. The molecule has 0 radical (unpaired) electrons. The molecule has 2 aliphatic rings. The zero-order valence-corrected chi connectivity index (χ0v) is 13.7. The summed E-state index contributed by atoms with van der Waals surface area (Å²) in [5, 5.41) is 9.58. The first-order chi connectivity index (χ1) is 11.4. The van der Waals surface area contributed by atoms with Gasteiger partial charge in [-0.1, -0.05) is 0 Å². The molecule has 1 unspecified atom stereocenters. The van der Waals surface area contributed by atoms with Crippen LogP contribution in [0.5, 0.6) is 0 Å². The van der Waals surface area contributed by atoms with Crippen LogP contribution in [0.2, 0.25) is 0 Å². The number of piperidine rings is 2. The van der Waals surface area contributed by atoms with E-state index in [4.69, 9.17) is 0 Å². The van der Waals surface area contributed by atoms with Gasteiger partial charge < -0.3 is 14.9 Å². The predicted octanol–water partition coefficient (Wildman–Crippen LogP) is 2.77. The normalized spacial score (nSPS) is 24.3. The minimum atomic E-state index is -4.33. The number of nitrogens with zero attached hydrogens (tertiary/aromatic N) is 3. The van der Waals surface area contributed by atoms with Crippen LogP contribution in [0, 0.1) is 5.92 Å². The van der Waals surface area contributed by atoms with E-state index in [1.165, 1.54) is 6.20 Å². The number of aromatic nitrogens is 1. The van der Waals surface area contributed by atoms with Crippen molar-refractivity contribution in [1.29, 1.82) is 0 Å². The van der Waals surface area contributed by atoms with Crippen molar-refractivity contribution in [3.63, 3.8) is 0 Å². The number of likely N-dealkylation sites (tertiary alicyclic amines) is 1. The van der Waals surface area contributed by atoms with Crippen LogP contribution in [-0.2, 0) is 6.18 Å². The highest BCUT2D eigenvalue weighted by Gasteiger charge is 2.32. The standard InChI is InChI=1S/C17H24F3N3O/c18-17(19,20)14-3-6-21-16(10-14)23-7-1-2-13(12-23)11-22-8-4-15(24)5-9-22/h3,6,10,13,15,24H,1-2,4-5,7-9,11-12H2. The third kappa shape index (κ3) is 4.39. The Labute approximate surface area is 140 Å². The first-order valence-electron chi connectivity index (χ1n) is 8.60. The summed E-state index contributed by atoms with van der Waals surface area (Å²) < 4.78 is 38.6. The molecule has 0 spiro atoms. The highest BCUT2D eigenvalue weighted by Crippen LogP contribution is 2.32. The Morgan fingerprint density at radius 2 is 1.92 bits per heavy atom. The maximum absolute atomic E-state index is 12.9. The first-order valence-corrected chi connectivity index (χ1v) is 8.60. The summed E-state index contributed by atoms with van der Waals surface area (Å²) in [6.45, 7) is 4.25. The van der Waals surface area contributed by atoms with E-state index < -0.39 is 11.7 Å². The van der Waals surface area contributed by atoms with E-state index in [-0.39, 0.29) is 6.10 Å². The Kier molecular flexibility index (Phi) is 5.30. The fourth-order valence-electron chi connectivity index (χ4n) is 3.66. The first kappa shape index (κ1) is 17.5. The van der Waals surface area contributed by atoms with Gasteiger partial charge in [-0.15, -0.1) is 0 Å². The Bertz CT molecular complexity index is 544. The third-order valence-corrected chi connectivity index (χ3v) is 4.99. The highest BCUT2D eigenvalue weighted by molar-refractivity contribution is 5.42. The Hall–Kier alpha value is -1.34. The quantitative estimate of drug-likeness (QED) is 0.916. The molecule has 24 heavy (non-hydrogen) atoms. The number of anilines is 1. The molecule has 2 aliphatic heterocycles. The van der Waals surface area contributed by atoms with Gasteiger partial charge >= 0.3 is 6.18 Å². The van der Waals surface area contributed by atoms with E-state index in [1.54, 1.807) is 0 Å². The van der Waals surface area contributed by atoms with Gasteiger partial charge in [0.1, 0.15) is 5.82 Å². The summed E-state index contributed by atoms with van der Waals surface area (Å²) in [7, 11) is 0. The zero-order valence-electron chi connectivity index (χ0n) is 13.7. The van der Waals surface area contributed by atoms with Gasteiger partial charge in [-0.25, -0.2) is 4.98 Å². The molecule has 4 nitrogen and oxygen atoms in total. The summed E-state index contributed by atoms with van der Waals surface area (Å²) in [6.07, 6.45) is 0.415. The molecule has 0 aliphatic carbocycles. The molecule has 134 valence electrons. The topological polar surface area (TPSA) is 39.6 Å². The zero-order chi connectivity index (χ0) is 17.2. The molecule has 2 saturated heterocycles. The smallest absolute Gasteiger partial charge is 0.393 e. The van der Waals surface area contributed by atoms with Gasteiger partial charge in [-0.2, -0.15) is 13.2 Å². The van der Waals surface area contributed by atoms with Crippen LogP contribution in [0.15, 0.2) is 18.3 Å². The van der Waals surface area contributed by atoms with E-state index in [2.05, 4.69) is 9.88 Å². The van der Waals surface area contributed by atoms with Crippen molar-refractivity contribution in [2.45, 2.75) is 38.0 Å². The molecule has 3 rings (SSSR count). The van der Waals surface area contributed by atoms with Gasteiger partial charge in [-0.3, -0.25) is 0 Å². The van der Waals surface area contributed by atoms with E-state index in [9.17, 15) is 18.3 Å². The molecule has 0 amide bonds. The van der Waals surface area contributed by atoms with Crippen LogP contribution < -0.4 is 4.90 Å². The number of pyridine rings is 1. The second-order valence-electron chi connectivity index (χ2n) is 6.89. The van der Waals surface area contributed by atoms with Crippen molar-refractivity contribution < 1.29 is 18.3 Å². The van der Waals surface area contributed by atoms with Crippen LogP contribution in [0.3, 0.4) is 0 Å². The largest absolute Gasteiger partial charge is 0.416 e. The highest BCUT2D eigenvalue weighted by atomic mass is 19.4. The van der Waals surface area contributed by atoms with Crippen molar-refractivity contribution in [2.24, 2.45) is 5.92 Å². The second-order valence-corrected chi connectivity index (χ2v) is 6.89. The average Bonchev–Trinajstić information content (AvgIpc) is 2.57. The summed E-state index contributed by atoms with van der Waals surface area (Å²) in [5.74, 6) is 0.855. The van der Waals surface area contributed by atoms with Crippen LogP contribution in [-0.4, -0.2) is 53.8 Å². The lowest BCUT2D eigenvalue weighted by atomic mass is 9.96. The monoisotopic (exact) mass is 343 g/mol. The number of alkyl halides is 3. The van der Waals surface area contributed by atoms with Crippen molar-refractivity contribution in [3.8, 4) is 0 Å². The van der Waals surface area contributed by atoms with E-state index in [0.29, 0.717) is 11.7 Å². The molecule has 1 aromatic rings. The maximum atomic E-state index is 12.9. The lowest BCUT2D eigenvalue weighted by molar-refractivity contribution is -0.137. The third-order valence-electron chi connectivity index (χ3n) is 4.99. The molecule has 0 aromatic carbocycles. The Morgan fingerprint density at radius 3 is 2.62 bits per heavy atom. The molecule has 2 fully saturated rings. The average molecular weight is 343 g/mol. The maximum Gasteiger partial charge on any atom is 0.416 e. The van der Waals surface area contributed by atoms with E-state index >= 15 is 0 Å². The number of rotatable bonds is 3. The van der Waals surface area contributed by atoms with Crippen molar-refractivity contribution in [1.82, 2.24) is 9.88 Å². The summed E-state index contributed by atoms with van der Waals surface area (Å²) in [6, 6.07) is 2.17. The van der Waals surface area contributed by atoms with Gasteiger partial charge in [0.05, 0.1) is 11.7 Å².